The van der Waals surface area contributed by atoms with E-state index in [4.69, 9.17) is 29.0 Å². The fourth-order valence-corrected chi connectivity index (χ4v) is 11.8. The van der Waals surface area contributed by atoms with Crippen molar-refractivity contribution in [3.05, 3.63) is 94.4 Å². The second-order valence-electron chi connectivity index (χ2n) is 18.3. The summed E-state index contributed by atoms with van der Waals surface area (Å²) in [5.74, 6) is 3.40. The number of carbonyl (C=O) groups is 2. The van der Waals surface area contributed by atoms with Crippen LogP contribution in [0.1, 0.15) is 72.0 Å². The first-order valence-electron chi connectivity index (χ1n) is 23.6. The number of nitrogens with one attached hydrogen (secondary N) is 1. The summed E-state index contributed by atoms with van der Waals surface area (Å²) >= 11 is 0. The van der Waals surface area contributed by atoms with E-state index in [-0.39, 0.29) is 29.7 Å². The summed E-state index contributed by atoms with van der Waals surface area (Å²) in [7, 11) is 8.60. The Balaban J connectivity index is 1.07. The molecule has 4 aliphatic rings. The van der Waals surface area contributed by atoms with Gasteiger partial charge in [0.2, 0.25) is 11.8 Å². The van der Waals surface area contributed by atoms with Crippen molar-refractivity contribution in [1.29, 1.82) is 0 Å². The Morgan fingerprint density at radius 2 is 1.56 bits per heavy atom. The van der Waals surface area contributed by atoms with Gasteiger partial charge in [-0.25, -0.2) is 14.6 Å². The number of hydrogen-bond acceptors (Lipinski definition) is 12. The molecule has 2 amide bonds. The molecule has 350 valence electrons. The van der Waals surface area contributed by atoms with Crippen molar-refractivity contribution >= 4 is 28.7 Å². The van der Waals surface area contributed by atoms with Gasteiger partial charge in [-0.2, -0.15) is 5.10 Å². The van der Waals surface area contributed by atoms with Crippen molar-refractivity contribution in [2.45, 2.75) is 70.5 Å². The minimum absolute atomic E-state index is 0.113. The van der Waals surface area contributed by atoms with E-state index in [2.05, 4.69) is 92.3 Å². The highest BCUT2D eigenvalue weighted by Gasteiger charge is 2.58. The van der Waals surface area contributed by atoms with Gasteiger partial charge >= 0.3 is 0 Å². The highest BCUT2D eigenvalue weighted by molar-refractivity contribution is 5.87. The Hall–Kier alpha value is -5.93. The second kappa shape index (κ2) is 19.1. The molecule has 0 bridgehead atoms. The SMILES string of the molecule is CCN1CCc2cc(OC)c(OC)cc2C1C1CC(C(=O)N2CCN(c3ncnc4c3cnn4Cc3cccc(C)c3)CC2)CCC12c1cc(OC)c(OC)cc1CCN2C(=O)CCNC. The molecule has 4 unspecified atom stereocenters. The van der Waals surface area contributed by atoms with Crippen LogP contribution in [0, 0.1) is 18.8 Å². The van der Waals surface area contributed by atoms with Gasteiger partial charge in [-0.05, 0) is 105 Å². The standard InChI is InChI=1S/C51H65N9O6/c1-8-56-18-14-35-26-42(63-4)44(65-6)28-38(35)47(56)41-25-37(12-16-51(41)40-29-45(66-7)43(64-5)27-36(40)15-19-59(51)46(61)13-17-52-3)50(62)58-22-20-57(21-23-58)48-39-30-55-60(49(39)54-32-53-48)31-34-11-9-10-33(2)24-34/h9-11,24,26-30,32,37,41,47,52H,8,12-23,25,31H2,1-7H3. The van der Waals surface area contributed by atoms with Gasteiger partial charge in [0.15, 0.2) is 28.6 Å². The second-order valence-corrected chi connectivity index (χ2v) is 18.3. The Bertz CT molecular complexity index is 2570. The van der Waals surface area contributed by atoms with E-state index in [1.54, 1.807) is 34.8 Å². The molecule has 1 saturated carbocycles. The van der Waals surface area contributed by atoms with Crippen molar-refractivity contribution < 1.29 is 28.5 Å². The molecule has 2 fully saturated rings. The summed E-state index contributed by atoms with van der Waals surface area (Å²) in [4.78, 5) is 48.5. The zero-order chi connectivity index (χ0) is 46.1. The monoisotopic (exact) mass is 900 g/mol. The van der Waals surface area contributed by atoms with Crippen molar-refractivity contribution in [2.24, 2.45) is 11.8 Å². The predicted octanol–water partition coefficient (Wildman–Crippen LogP) is 5.79. The third-order valence-corrected chi connectivity index (χ3v) is 15.0. The lowest BCUT2D eigenvalue weighted by atomic mass is 9.58. The molecule has 5 aromatic rings. The molecule has 1 N–H and O–H groups in total. The number of rotatable bonds is 13. The van der Waals surface area contributed by atoms with Crippen molar-refractivity contribution in [1.82, 2.24) is 39.8 Å². The van der Waals surface area contributed by atoms with Crippen molar-refractivity contribution in [2.75, 3.05) is 92.7 Å². The van der Waals surface area contributed by atoms with E-state index in [1.165, 1.54) is 22.3 Å². The number of hydrogen-bond donors (Lipinski definition) is 1. The smallest absolute Gasteiger partial charge is 0.225 e. The number of fused-ring (bicyclic) bond motifs is 4. The number of anilines is 1. The molecule has 15 heteroatoms. The van der Waals surface area contributed by atoms with Crippen LogP contribution in [-0.2, 0) is 34.5 Å². The number of piperazine rings is 1. The molecular weight excluding hydrogens is 835 g/mol. The van der Waals surface area contributed by atoms with Crippen LogP contribution < -0.4 is 29.2 Å². The van der Waals surface area contributed by atoms with Gasteiger partial charge in [-0.3, -0.25) is 14.5 Å². The third kappa shape index (κ3) is 8.07. The molecule has 2 aromatic heterocycles. The van der Waals surface area contributed by atoms with E-state index in [0.29, 0.717) is 101 Å². The van der Waals surface area contributed by atoms with Gasteiger partial charge in [0.05, 0.1) is 52.1 Å². The molecule has 1 spiro atoms. The fraction of sp³-hybridized carbons (Fsp3) is 0.510. The zero-order valence-electron chi connectivity index (χ0n) is 39.6. The lowest BCUT2D eigenvalue weighted by Crippen LogP contribution is -2.63. The van der Waals surface area contributed by atoms with Gasteiger partial charge in [-0.1, -0.05) is 36.8 Å². The summed E-state index contributed by atoms with van der Waals surface area (Å²) in [5.41, 5.74) is 7.05. The van der Waals surface area contributed by atoms with E-state index in [1.807, 2.05) is 17.9 Å². The number of ether oxygens (including phenoxy) is 4. The number of methoxy groups -OCH3 is 4. The highest BCUT2D eigenvalue weighted by atomic mass is 16.5. The normalized spacial score (nSPS) is 22.0. The highest BCUT2D eigenvalue weighted by Crippen LogP contribution is 2.59. The van der Waals surface area contributed by atoms with Crippen LogP contribution in [0.3, 0.4) is 0 Å². The van der Waals surface area contributed by atoms with E-state index in [0.717, 1.165) is 47.5 Å². The van der Waals surface area contributed by atoms with Crippen molar-refractivity contribution in [3.8, 4) is 23.0 Å². The lowest BCUT2D eigenvalue weighted by molar-refractivity contribution is -0.153. The van der Waals surface area contributed by atoms with Gasteiger partial charge in [0, 0.05) is 70.1 Å². The van der Waals surface area contributed by atoms with Crippen LogP contribution in [0.5, 0.6) is 23.0 Å². The van der Waals surface area contributed by atoms with E-state index >= 15 is 4.79 Å². The maximum Gasteiger partial charge on any atom is 0.225 e. The van der Waals surface area contributed by atoms with Crippen LogP contribution >= 0.6 is 0 Å². The molecule has 0 radical (unpaired) electrons. The van der Waals surface area contributed by atoms with Gasteiger partial charge in [-0.15, -0.1) is 0 Å². The van der Waals surface area contributed by atoms with Crippen LogP contribution in [0.25, 0.3) is 11.0 Å². The van der Waals surface area contributed by atoms with E-state index in [9.17, 15) is 4.79 Å². The lowest BCUT2D eigenvalue weighted by Gasteiger charge is -2.59. The van der Waals surface area contributed by atoms with Gasteiger partial charge in [0.25, 0.3) is 0 Å². The Labute approximate surface area is 388 Å². The molecule has 3 aromatic carbocycles. The van der Waals surface area contributed by atoms with E-state index < -0.39 is 5.54 Å². The molecule has 15 nitrogen and oxygen atoms in total. The maximum absolute atomic E-state index is 15.2. The van der Waals surface area contributed by atoms with Crippen LogP contribution in [0.2, 0.25) is 0 Å². The molecule has 66 heavy (non-hydrogen) atoms. The summed E-state index contributed by atoms with van der Waals surface area (Å²) in [6.07, 6.45) is 7.28. The number of aryl methyl sites for hydroxylation is 1. The van der Waals surface area contributed by atoms with Crippen molar-refractivity contribution in [3.63, 3.8) is 0 Å². The summed E-state index contributed by atoms with van der Waals surface area (Å²) < 4.78 is 25.6. The quantitative estimate of drug-likeness (QED) is 0.153. The summed E-state index contributed by atoms with van der Waals surface area (Å²) in [5, 5.41) is 8.86. The first kappa shape index (κ1) is 45.2. The molecular formula is C51H65N9O6. The number of amides is 2. The minimum Gasteiger partial charge on any atom is -0.493 e. The topological polar surface area (TPSA) is 140 Å². The number of likely N-dealkylation sites (N-methyl/N-ethyl adjacent to an activating group) is 1. The first-order chi connectivity index (χ1) is 32.1. The number of carbonyl (C=O) groups excluding carboxylic acids is 2. The molecule has 1 saturated heterocycles. The number of nitrogens with zero attached hydrogens (tertiary/aromatic N) is 8. The van der Waals surface area contributed by atoms with Gasteiger partial charge < -0.3 is 39.0 Å². The largest absolute Gasteiger partial charge is 0.493 e. The third-order valence-electron chi connectivity index (χ3n) is 15.0. The molecule has 4 atom stereocenters. The molecule has 3 aliphatic heterocycles. The summed E-state index contributed by atoms with van der Waals surface area (Å²) in [6.45, 7) is 10.2. The molecule has 9 rings (SSSR count). The average molecular weight is 900 g/mol. The molecule has 1 aliphatic carbocycles. The summed E-state index contributed by atoms with van der Waals surface area (Å²) in [6, 6.07) is 16.8. The maximum atomic E-state index is 15.2. The molecule has 5 heterocycles. The Kier molecular flexibility index (Phi) is 13.1. The minimum atomic E-state index is -0.741. The zero-order valence-corrected chi connectivity index (χ0v) is 39.6. The van der Waals surface area contributed by atoms with Gasteiger partial charge in [0.1, 0.15) is 12.1 Å². The first-order valence-corrected chi connectivity index (χ1v) is 23.6. The fourth-order valence-electron chi connectivity index (χ4n) is 11.8. The average Bonchev–Trinajstić information content (AvgIpc) is 3.76. The van der Waals surface area contributed by atoms with Crippen LogP contribution in [-0.4, -0.2) is 134 Å². The number of aromatic nitrogens is 4. The Morgan fingerprint density at radius 1 is 0.848 bits per heavy atom. The van der Waals surface area contributed by atoms with Crippen LogP contribution in [0.4, 0.5) is 5.82 Å². The number of benzene rings is 3. The predicted molar refractivity (Wildman–Crippen MR) is 254 cm³/mol. The Morgan fingerprint density at radius 3 is 2.27 bits per heavy atom. The van der Waals surface area contributed by atoms with Crippen LogP contribution in [0.15, 0.2) is 61.1 Å².